The zero-order valence-corrected chi connectivity index (χ0v) is 13.0. The van der Waals surface area contributed by atoms with Gasteiger partial charge in [-0.15, -0.1) is 0 Å². The monoisotopic (exact) mass is 285 g/mol. The summed E-state index contributed by atoms with van der Waals surface area (Å²) in [5.74, 6) is 2.16. The fraction of sp³-hybridized carbons (Fsp3) is 0.389. The zero-order valence-electron chi connectivity index (χ0n) is 13.0. The Hall–Kier alpha value is -2.03. The van der Waals surface area contributed by atoms with E-state index < -0.39 is 0 Å². The molecule has 0 bridgehead atoms. The Bertz CT molecular complexity index is 532. The number of nitrogens with zero attached hydrogens (tertiary/aromatic N) is 1. The largest absolute Gasteiger partial charge is 0.475 e. The highest BCUT2D eigenvalue weighted by atomic mass is 16.5. The minimum atomic E-state index is 0.125. The molecular weight excluding hydrogens is 262 g/mol. The van der Waals surface area contributed by atoms with Crippen LogP contribution < -0.4 is 9.47 Å². The smallest absolute Gasteiger partial charge is 0.213 e. The molecule has 0 spiro atoms. The Morgan fingerprint density at radius 2 is 1.71 bits per heavy atom. The van der Waals surface area contributed by atoms with Crippen LogP contribution in [-0.4, -0.2) is 11.1 Å². The summed E-state index contributed by atoms with van der Waals surface area (Å²) in [7, 11) is 0. The standard InChI is InChI=1S/C18H23NO2/c1-4-5-6-15-7-9-16(10-8-15)21-17-11-12-18(19-13-17)20-14(2)3/h7-14H,4-6H2,1-3H3. The number of unbranched alkanes of at least 4 members (excludes halogenated alkanes) is 1. The molecule has 1 heterocycles. The highest BCUT2D eigenvalue weighted by molar-refractivity contribution is 5.33. The molecule has 2 aromatic rings. The number of benzene rings is 1. The molecule has 3 heteroatoms. The first-order valence-corrected chi connectivity index (χ1v) is 7.57. The molecule has 0 unspecified atom stereocenters. The number of aryl methyl sites for hydroxylation is 1. The Morgan fingerprint density at radius 1 is 1.00 bits per heavy atom. The van der Waals surface area contributed by atoms with Crippen LogP contribution >= 0.6 is 0 Å². The fourth-order valence-corrected chi connectivity index (χ4v) is 1.98. The first-order valence-electron chi connectivity index (χ1n) is 7.57. The van der Waals surface area contributed by atoms with Crippen molar-refractivity contribution in [2.45, 2.75) is 46.1 Å². The molecular formula is C18H23NO2. The zero-order chi connectivity index (χ0) is 15.1. The van der Waals surface area contributed by atoms with Crippen molar-refractivity contribution in [1.82, 2.24) is 4.98 Å². The van der Waals surface area contributed by atoms with Crippen LogP contribution in [0.25, 0.3) is 0 Å². The van der Waals surface area contributed by atoms with Crippen molar-refractivity contribution in [2.24, 2.45) is 0 Å². The minimum absolute atomic E-state index is 0.125. The summed E-state index contributed by atoms with van der Waals surface area (Å²) < 4.78 is 11.3. The summed E-state index contributed by atoms with van der Waals surface area (Å²) in [6, 6.07) is 11.9. The summed E-state index contributed by atoms with van der Waals surface area (Å²) in [5, 5.41) is 0. The third kappa shape index (κ3) is 5.10. The SMILES string of the molecule is CCCCc1ccc(Oc2ccc(OC(C)C)nc2)cc1. The van der Waals surface area contributed by atoms with E-state index in [1.54, 1.807) is 6.20 Å². The highest BCUT2D eigenvalue weighted by Gasteiger charge is 2.02. The van der Waals surface area contributed by atoms with E-state index in [2.05, 4.69) is 24.0 Å². The van der Waals surface area contributed by atoms with E-state index in [9.17, 15) is 0 Å². The van der Waals surface area contributed by atoms with Gasteiger partial charge in [-0.25, -0.2) is 4.98 Å². The van der Waals surface area contributed by atoms with E-state index in [4.69, 9.17) is 9.47 Å². The maximum atomic E-state index is 5.78. The molecule has 3 nitrogen and oxygen atoms in total. The lowest BCUT2D eigenvalue weighted by atomic mass is 10.1. The van der Waals surface area contributed by atoms with Gasteiger partial charge in [-0.1, -0.05) is 25.5 Å². The molecule has 0 aliphatic rings. The van der Waals surface area contributed by atoms with Crippen LogP contribution in [0.1, 0.15) is 39.2 Å². The van der Waals surface area contributed by atoms with Crippen LogP contribution in [0.5, 0.6) is 17.4 Å². The fourth-order valence-electron chi connectivity index (χ4n) is 1.98. The van der Waals surface area contributed by atoms with Crippen LogP contribution in [-0.2, 0) is 6.42 Å². The second-order valence-corrected chi connectivity index (χ2v) is 5.35. The molecule has 0 radical (unpaired) electrons. The topological polar surface area (TPSA) is 31.4 Å². The molecule has 0 aliphatic heterocycles. The first kappa shape index (κ1) is 15.4. The van der Waals surface area contributed by atoms with Gasteiger partial charge in [0.15, 0.2) is 0 Å². The van der Waals surface area contributed by atoms with Gasteiger partial charge in [0.1, 0.15) is 11.5 Å². The maximum Gasteiger partial charge on any atom is 0.213 e. The van der Waals surface area contributed by atoms with Gasteiger partial charge in [-0.2, -0.15) is 0 Å². The molecule has 0 saturated heterocycles. The molecule has 2 rings (SSSR count). The molecule has 0 aliphatic carbocycles. The number of ether oxygens (including phenoxy) is 2. The van der Waals surface area contributed by atoms with Crippen LogP contribution in [0, 0.1) is 0 Å². The van der Waals surface area contributed by atoms with Gasteiger partial charge >= 0.3 is 0 Å². The van der Waals surface area contributed by atoms with E-state index in [0.29, 0.717) is 11.6 Å². The minimum Gasteiger partial charge on any atom is -0.475 e. The average Bonchev–Trinajstić information content (AvgIpc) is 2.48. The molecule has 1 aromatic carbocycles. The second-order valence-electron chi connectivity index (χ2n) is 5.35. The Labute approximate surface area is 126 Å². The van der Waals surface area contributed by atoms with Crippen LogP contribution in [0.4, 0.5) is 0 Å². The van der Waals surface area contributed by atoms with Gasteiger partial charge in [0.05, 0.1) is 12.3 Å². The van der Waals surface area contributed by atoms with Gasteiger partial charge < -0.3 is 9.47 Å². The van der Waals surface area contributed by atoms with Crippen LogP contribution in [0.3, 0.4) is 0 Å². The second kappa shape index (κ2) is 7.67. The summed E-state index contributed by atoms with van der Waals surface area (Å²) in [6.45, 7) is 6.16. The lowest BCUT2D eigenvalue weighted by molar-refractivity contribution is 0.232. The van der Waals surface area contributed by atoms with Crippen molar-refractivity contribution in [3.63, 3.8) is 0 Å². The third-order valence-electron chi connectivity index (χ3n) is 3.04. The van der Waals surface area contributed by atoms with Gasteiger partial charge in [0.2, 0.25) is 5.88 Å². The molecule has 112 valence electrons. The lowest BCUT2D eigenvalue weighted by Gasteiger charge is -2.10. The molecule has 21 heavy (non-hydrogen) atoms. The Morgan fingerprint density at radius 3 is 2.29 bits per heavy atom. The molecule has 0 N–H and O–H groups in total. The van der Waals surface area contributed by atoms with Gasteiger partial charge in [-0.05, 0) is 50.5 Å². The van der Waals surface area contributed by atoms with Crippen LogP contribution in [0.2, 0.25) is 0 Å². The number of pyridine rings is 1. The molecule has 0 atom stereocenters. The maximum absolute atomic E-state index is 5.78. The van der Waals surface area contributed by atoms with Crippen molar-refractivity contribution >= 4 is 0 Å². The van der Waals surface area contributed by atoms with Crippen molar-refractivity contribution < 1.29 is 9.47 Å². The van der Waals surface area contributed by atoms with Gasteiger partial charge in [-0.3, -0.25) is 0 Å². The predicted octanol–water partition coefficient (Wildman–Crippen LogP) is 5.00. The average molecular weight is 285 g/mol. The molecule has 1 aromatic heterocycles. The lowest BCUT2D eigenvalue weighted by Crippen LogP contribution is -2.06. The van der Waals surface area contributed by atoms with E-state index >= 15 is 0 Å². The first-order chi connectivity index (χ1) is 10.2. The number of hydrogen-bond acceptors (Lipinski definition) is 3. The quantitative estimate of drug-likeness (QED) is 0.717. The summed E-state index contributed by atoms with van der Waals surface area (Å²) in [5.41, 5.74) is 1.35. The van der Waals surface area contributed by atoms with Crippen molar-refractivity contribution in [1.29, 1.82) is 0 Å². The molecule has 0 fully saturated rings. The van der Waals surface area contributed by atoms with Gasteiger partial charge in [0.25, 0.3) is 0 Å². The van der Waals surface area contributed by atoms with E-state index in [-0.39, 0.29) is 6.10 Å². The van der Waals surface area contributed by atoms with Crippen molar-refractivity contribution in [3.8, 4) is 17.4 Å². The number of hydrogen-bond donors (Lipinski definition) is 0. The summed E-state index contributed by atoms with van der Waals surface area (Å²) in [4.78, 5) is 4.23. The highest BCUT2D eigenvalue weighted by Crippen LogP contribution is 2.23. The number of rotatable bonds is 7. The van der Waals surface area contributed by atoms with E-state index in [0.717, 1.165) is 12.2 Å². The summed E-state index contributed by atoms with van der Waals surface area (Å²) >= 11 is 0. The Balaban J connectivity index is 1.94. The van der Waals surface area contributed by atoms with Crippen molar-refractivity contribution in [2.75, 3.05) is 0 Å². The Kier molecular flexibility index (Phi) is 5.61. The van der Waals surface area contributed by atoms with E-state index in [1.165, 1.54) is 18.4 Å². The summed E-state index contributed by atoms with van der Waals surface area (Å²) in [6.07, 6.45) is 5.37. The van der Waals surface area contributed by atoms with Gasteiger partial charge in [0, 0.05) is 6.07 Å². The van der Waals surface area contributed by atoms with E-state index in [1.807, 2.05) is 38.1 Å². The van der Waals surface area contributed by atoms with Crippen molar-refractivity contribution in [3.05, 3.63) is 48.2 Å². The molecule has 0 amide bonds. The predicted molar refractivity (Wildman–Crippen MR) is 85.1 cm³/mol. The molecule has 0 saturated carbocycles. The third-order valence-corrected chi connectivity index (χ3v) is 3.04. The normalized spacial score (nSPS) is 10.7. The number of aromatic nitrogens is 1. The van der Waals surface area contributed by atoms with Crippen LogP contribution in [0.15, 0.2) is 42.6 Å².